The van der Waals surface area contributed by atoms with E-state index >= 15 is 0 Å². The second-order valence-corrected chi connectivity index (χ2v) is 6.48. The summed E-state index contributed by atoms with van der Waals surface area (Å²) in [6.45, 7) is 0.680. The van der Waals surface area contributed by atoms with Gasteiger partial charge in [-0.05, 0) is 29.8 Å². The first kappa shape index (κ1) is 17.1. The summed E-state index contributed by atoms with van der Waals surface area (Å²) in [7, 11) is 0. The highest BCUT2D eigenvalue weighted by molar-refractivity contribution is 6.30. The minimum absolute atomic E-state index is 0.0161. The van der Waals surface area contributed by atoms with Gasteiger partial charge < -0.3 is 10.4 Å². The Bertz CT molecular complexity index is 1130. The molecular formula is C20H15ClN4O2. The molecule has 4 aromatic rings. The molecule has 0 radical (unpaired) electrons. The van der Waals surface area contributed by atoms with E-state index in [1.807, 2.05) is 41.1 Å². The Morgan fingerprint density at radius 3 is 2.70 bits per heavy atom. The second-order valence-electron chi connectivity index (χ2n) is 6.04. The number of nitrogens with one attached hydrogen (secondary N) is 1. The number of benzene rings is 2. The number of aromatic nitrogens is 3. The van der Waals surface area contributed by atoms with E-state index in [0.29, 0.717) is 6.54 Å². The smallest absolute Gasteiger partial charge is 0.339 e. The van der Waals surface area contributed by atoms with Crippen LogP contribution in [0.15, 0.2) is 67.0 Å². The third-order valence-corrected chi connectivity index (χ3v) is 4.37. The number of rotatable bonds is 5. The summed E-state index contributed by atoms with van der Waals surface area (Å²) in [6, 6.07) is 17.2. The Labute approximate surface area is 160 Å². The lowest BCUT2D eigenvalue weighted by Gasteiger charge is -2.09. The predicted octanol–water partition coefficient (Wildman–Crippen LogP) is 4.57. The third kappa shape index (κ3) is 3.61. The molecule has 0 fully saturated rings. The number of halogens is 1. The molecule has 0 amide bonds. The highest BCUT2D eigenvalue weighted by Crippen LogP contribution is 2.25. The van der Waals surface area contributed by atoms with Gasteiger partial charge in [0.2, 0.25) is 0 Å². The SMILES string of the molecule is O=C(O)c1cc(Cl)cnc1Nc1ccc2c(cnn2Cc2ccccc2)c1. The molecule has 134 valence electrons. The third-order valence-electron chi connectivity index (χ3n) is 4.16. The highest BCUT2D eigenvalue weighted by atomic mass is 35.5. The van der Waals surface area contributed by atoms with Crippen LogP contribution in [0.1, 0.15) is 15.9 Å². The number of carbonyl (C=O) groups is 1. The fourth-order valence-electron chi connectivity index (χ4n) is 2.89. The first-order valence-corrected chi connectivity index (χ1v) is 8.63. The van der Waals surface area contributed by atoms with Gasteiger partial charge in [-0.3, -0.25) is 4.68 Å². The van der Waals surface area contributed by atoms with Crippen molar-refractivity contribution < 1.29 is 9.90 Å². The number of hydrogen-bond donors (Lipinski definition) is 2. The number of aromatic carboxylic acids is 1. The topological polar surface area (TPSA) is 80.0 Å². The number of nitrogens with zero attached hydrogens (tertiary/aromatic N) is 3. The van der Waals surface area contributed by atoms with Gasteiger partial charge in [-0.25, -0.2) is 9.78 Å². The molecule has 0 atom stereocenters. The summed E-state index contributed by atoms with van der Waals surface area (Å²) < 4.78 is 1.93. The Morgan fingerprint density at radius 1 is 1.11 bits per heavy atom. The Kier molecular flexibility index (Phi) is 4.48. The number of fused-ring (bicyclic) bond motifs is 1. The summed E-state index contributed by atoms with van der Waals surface area (Å²) in [4.78, 5) is 15.5. The van der Waals surface area contributed by atoms with E-state index in [0.717, 1.165) is 16.6 Å². The molecule has 0 aliphatic rings. The van der Waals surface area contributed by atoms with Gasteiger partial charge in [-0.1, -0.05) is 41.9 Å². The highest BCUT2D eigenvalue weighted by Gasteiger charge is 2.13. The number of carboxylic acids is 1. The van der Waals surface area contributed by atoms with Crippen molar-refractivity contribution >= 4 is 40.0 Å². The molecule has 2 aromatic heterocycles. The van der Waals surface area contributed by atoms with E-state index in [2.05, 4.69) is 27.5 Å². The van der Waals surface area contributed by atoms with Crippen molar-refractivity contribution in [3.05, 3.63) is 83.1 Å². The zero-order valence-corrected chi connectivity index (χ0v) is 14.9. The van der Waals surface area contributed by atoms with Crippen LogP contribution in [-0.4, -0.2) is 25.8 Å². The van der Waals surface area contributed by atoms with Crippen molar-refractivity contribution in [3.63, 3.8) is 0 Å². The average molecular weight is 379 g/mol. The molecule has 0 saturated heterocycles. The zero-order valence-electron chi connectivity index (χ0n) is 14.1. The molecule has 4 rings (SSSR count). The van der Waals surface area contributed by atoms with Gasteiger partial charge in [0.05, 0.1) is 23.3 Å². The van der Waals surface area contributed by atoms with Crippen molar-refractivity contribution in [3.8, 4) is 0 Å². The predicted molar refractivity (Wildman–Crippen MR) is 105 cm³/mol. The summed E-state index contributed by atoms with van der Waals surface area (Å²) >= 11 is 5.85. The molecule has 2 aromatic carbocycles. The normalized spacial score (nSPS) is 10.9. The Morgan fingerprint density at radius 2 is 1.93 bits per heavy atom. The van der Waals surface area contributed by atoms with Crippen LogP contribution in [0.25, 0.3) is 10.9 Å². The van der Waals surface area contributed by atoms with E-state index < -0.39 is 5.97 Å². The summed E-state index contributed by atoms with van der Waals surface area (Å²) in [5.74, 6) is -0.854. The molecule has 0 aliphatic carbocycles. The standard InChI is InChI=1S/C20H15ClN4O2/c21-15-9-17(20(26)27)19(22-11-15)24-16-6-7-18-14(8-16)10-23-25(18)12-13-4-2-1-3-5-13/h1-11H,12H2,(H,22,24)(H,26,27). The van der Waals surface area contributed by atoms with E-state index in [1.165, 1.54) is 17.8 Å². The van der Waals surface area contributed by atoms with Gasteiger partial charge in [0.25, 0.3) is 0 Å². The lowest BCUT2D eigenvalue weighted by atomic mass is 10.2. The van der Waals surface area contributed by atoms with Crippen molar-refractivity contribution in [1.82, 2.24) is 14.8 Å². The van der Waals surface area contributed by atoms with E-state index in [9.17, 15) is 9.90 Å². The molecule has 6 nitrogen and oxygen atoms in total. The van der Waals surface area contributed by atoms with Gasteiger partial charge in [-0.15, -0.1) is 0 Å². The van der Waals surface area contributed by atoms with Crippen LogP contribution in [0.5, 0.6) is 0 Å². The maximum absolute atomic E-state index is 11.4. The lowest BCUT2D eigenvalue weighted by Crippen LogP contribution is -2.05. The van der Waals surface area contributed by atoms with Crippen LogP contribution in [0.4, 0.5) is 11.5 Å². The molecule has 0 saturated carbocycles. The van der Waals surface area contributed by atoms with Gasteiger partial charge in [0.15, 0.2) is 0 Å². The maximum Gasteiger partial charge on any atom is 0.339 e. The fraction of sp³-hybridized carbons (Fsp3) is 0.0500. The molecule has 7 heteroatoms. The number of hydrogen-bond acceptors (Lipinski definition) is 4. The average Bonchev–Trinajstić information content (AvgIpc) is 3.06. The number of carboxylic acid groups (broad SMARTS) is 1. The molecule has 2 heterocycles. The lowest BCUT2D eigenvalue weighted by molar-refractivity contribution is 0.0697. The number of anilines is 2. The van der Waals surface area contributed by atoms with E-state index in [1.54, 1.807) is 6.20 Å². The first-order valence-electron chi connectivity index (χ1n) is 8.25. The van der Waals surface area contributed by atoms with Crippen LogP contribution in [0.2, 0.25) is 5.02 Å². The molecule has 0 unspecified atom stereocenters. The molecule has 27 heavy (non-hydrogen) atoms. The van der Waals surface area contributed by atoms with Crippen LogP contribution in [0.3, 0.4) is 0 Å². The van der Waals surface area contributed by atoms with Gasteiger partial charge in [-0.2, -0.15) is 5.10 Å². The van der Waals surface area contributed by atoms with Crippen LogP contribution in [0, 0.1) is 0 Å². The molecule has 0 bridgehead atoms. The van der Waals surface area contributed by atoms with Crippen molar-refractivity contribution in [2.45, 2.75) is 6.54 Å². The van der Waals surface area contributed by atoms with Crippen molar-refractivity contribution in [1.29, 1.82) is 0 Å². The summed E-state index contributed by atoms with van der Waals surface area (Å²) in [5.41, 5.74) is 2.90. The zero-order chi connectivity index (χ0) is 18.8. The van der Waals surface area contributed by atoms with Crippen molar-refractivity contribution in [2.75, 3.05) is 5.32 Å². The summed E-state index contributed by atoms with van der Waals surface area (Å²) in [5, 5.41) is 18.1. The van der Waals surface area contributed by atoms with Gasteiger partial charge in [0.1, 0.15) is 11.4 Å². The minimum Gasteiger partial charge on any atom is -0.478 e. The van der Waals surface area contributed by atoms with Gasteiger partial charge >= 0.3 is 5.97 Å². The quantitative estimate of drug-likeness (QED) is 0.531. The molecule has 2 N–H and O–H groups in total. The van der Waals surface area contributed by atoms with Crippen molar-refractivity contribution in [2.24, 2.45) is 0 Å². The molecule has 0 aliphatic heterocycles. The van der Waals surface area contributed by atoms with E-state index in [-0.39, 0.29) is 16.4 Å². The summed E-state index contributed by atoms with van der Waals surface area (Å²) in [6.07, 6.45) is 3.20. The second kappa shape index (κ2) is 7.09. The van der Waals surface area contributed by atoms with Crippen LogP contribution in [-0.2, 0) is 6.54 Å². The Balaban J connectivity index is 1.63. The largest absolute Gasteiger partial charge is 0.478 e. The Hall–Kier alpha value is -3.38. The van der Waals surface area contributed by atoms with E-state index in [4.69, 9.17) is 11.6 Å². The molecular weight excluding hydrogens is 364 g/mol. The van der Waals surface area contributed by atoms with Gasteiger partial charge in [0, 0.05) is 17.3 Å². The van der Waals surface area contributed by atoms with Crippen LogP contribution >= 0.6 is 11.6 Å². The number of pyridine rings is 1. The maximum atomic E-state index is 11.4. The minimum atomic E-state index is -1.09. The fourth-order valence-corrected chi connectivity index (χ4v) is 3.04. The first-order chi connectivity index (χ1) is 13.1. The van der Waals surface area contributed by atoms with Crippen LogP contribution < -0.4 is 5.32 Å². The monoisotopic (exact) mass is 378 g/mol. The molecule has 0 spiro atoms.